The maximum Gasteiger partial charge on any atom is 0.174 e. The summed E-state index contributed by atoms with van der Waals surface area (Å²) in [6.45, 7) is 0.707. The maximum absolute atomic E-state index is 5.87. The van der Waals surface area contributed by atoms with E-state index in [1.54, 1.807) is 10.7 Å². The summed E-state index contributed by atoms with van der Waals surface area (Å²) in [5.41, 5.74) is 1.70. The van der Waals surface area contributed by atoms with Crippen LogP contribution in [0.3, 0.4) is 0 Å². The molecule has 0 saturated carbocycles. The van der Waals surface area contributed by atoms with Crippen LogP contribution >= 0.6 is 23.2 Å². The Kier molecular flexibility index (Phi) is 3.81. The lowest BCUT2D eigenvalue weighted by Gasteiger charge is -2.06. The van der Waals surface area contributed by atoms with E-state index in [-0.39, 0.29) is 0 Å². The van der Waals surface area contributed by atoms with Crippen LogP contribution in [0.5, 0.6) is 0 Å². The first-order valence-electron chi connectivity index (χ1n) is 5.06. The summed E-state index contributed by atoms with van der Waals surface area (Å²) in [5, 5.41) is 15.4. The minimum absolute atomic E-state index is 0.315. The third-order valence-corrected chi connectivity index (χ3v) is 2.65. The average molecular weight is 272 g/mol. The van der Waals surface area contributed by atoms with Crippen LogP contribution in [-0.2, 0) is 13.5 Å². The molecule has 0 aliphatic heterocycles. The second-order valence-electron chi connectivity index (χ2n) is 3.53. The number of hydrogen-bond acceptors (Lipinski definition) is 4. The highest BCUT2D eigenvalue weighted by atomic mass is 35.5. The lowest BCUT2D eigenvalue weighted by atomic mass is 10.3. The van der Waals surface area contributed by atoms with Crippen molar-refractivity contribution in [3.8, 4) is 0 Å². The van der Waals surface area contributed by atoms with E-state index in [0.29, 0.717) is 22.5 Å². The van der Waals surface area contributed by atoms with Crippen molar-refractivity contribution in [2.45, 2.75) is 6.42 Å². The molecule has 7 heteroatoms. The molecule has 0 unspecified atom stereocenters. The summed E-state index contributed by atoms with van der Waals surface area (Å²) in [5.74, 6) is 0. The van der Waals surface area contributed by atoms with Gasteiger partial charge in [0.2, 0.25) is 0 Å². The average Bonchev–Trinajstić information content (AvgIpc) is 2.69. The second-order valence-corrected chi connectivity index (χ2v) is 4.27. The molecule has 0 saturated heterocycles. The first-order valence-corrected chi connectivity index (χ1v) is 5.82. The number of rotatable bonds is 4. The van der Waals surface area contributed by atoms with Crippen LogP contribution in [0.15, 0.2) is 18.3 Å². The molecule has 0 aliphatic rings. The molecule has 2 aromatic rings. The number of hydrogen-bond donors (Lipinski definition) is 1. The van der Waals surface area contributed by atoms with Crippen LogP contribution < -0.4 is 5.32 Å². The molecule has 0 atom stereocenters. The van der Waals surface area contributed by atoms with Crippen LogP contribution in [0.4, 0.5) is 5.69 Å². The minimum atomic E-state index is 0.315. The molecule has 1 N–H and O–H groups in total. The lowest BCUT2D eigenvalue weighted by molar-refractivity contribution is 0.742. The van der Waals surface area contributed by atoms with Gasteiger partial charge < -0.3 is 5.32 Å². The van der Waals surface area contributed by atoms with Crippen molar-refractivity contribution >= 4 is 28.9 Å². The Labute approximate surface area is 109 Å². The third kappa shape index (κ3) is 3.31. The maximum atomic E-state index is 5.87. The predicted octanol–water partition coefficient (Wildman–Crippen LogP) is 2.17. The van der Waals surface area contributed by atoms with E-state index in [2.05, 4.69) is 20.6 Å². The Bertz CT molecular complexity index is 511. The highest BCUT2D eigenvalue weighted by Crippen LogP contribution is 2.20. The van der Waals surface area contributed by atoms with Crippen LogP contribution in [0, 0.1) is 0 Å². The van der Waals surface area contributed by atoms with Gasteiger partial charge in [-0.3, -0.25) is 4.68 Å². The number of halogens is 2. The fraction of sp³-hybridized carbons (Fsp3) is 0.300. The molecule has 2 rings (SSSR count). The van der Waals surface area contributed by atoms with Gasteiger partial charge in [0.25, 0.3) is 0 Å². The molecule has 0 aromatic carbocycles. The number of anilines is 1. The topological polar surface area (TPSA) is 55.6 Å². The lowest BCUT2D eigenvalue weighted by Crippen LogP contribution is -2.07. The van der Waals surface area contributed by atoms with E-state index < -0.39 is 0 Å². The third-order valence-electron chi connectivity index (χ3n) is 2.18. The first-order chi connectivity index (χ1) is 8.15. The van der Waals surface area contributed by atoms with E-state index in [9.17, 15) is 0 Å². The second kappa shape index (κ2) is 5.33. The van der Waals surface area contributed by atoms with Crippen molar-refractivity contribution in [3.05, 3.63) is 34.3 Å². The number of aromatic nitrogens is 4. The number of nitrogens with one attached hydrogen (secondary N) is 1. The van der Waals surface area contributed by atoms with Crippen LogP contribution in [0.1, 0.15) is 5.69 Å². The van der Waals surface area contributed by atoms with Crippen LogP contribution in [0.25, 0.3) is 0 Å². The summed E-state index contributed by atoms with van der Waals surface area (Å²) in [4.78, 5) is 0. The normalized spacial score (nSPS) is 10.5. The van der Waals surface area contributed by atoms with E-state index in [1.807, 2.05) is 19.3 Å². The van der Waals surface area contributed by atoms with Gasteiger partial charge in [-0.1, -0.05) is 23.2 Å². The molecule has 0 fully saturated rings. The van der Waals surface area contributed by atoms with Crippen molar-refractivity contribution < 1.29 is 0 Å². The largest absolute Gasteiger partial charge is 0.382 e. The van der Waals surface area contributed by atoms with Gasteiger partial charge in [-0.2, -0.15) is 5.10 Å². The predicted molar refractivity (Wildman–Crippen MR) is 67.5 cm³/mol. The molecule has 0 aliphatic carbocycles. The summed E-state index contributed by atoms with van der Waals surface area (Å²) >= 11 is 11.6. The van der Waals surface area contributed by atoms with Crippen molar-refractivity contribution in [1.29, 1.82) is 0 Å². The molecule has 0 bridgehead atoms. The van der Waals surface area contributed by atoms with Crippen molar-refractivity contribution in [2.75, 3.05) is 11.9 Å². The van der Waals surface area contributed by atoms with Crippen molar-refractivity contribution in [1.82, 2.24) is 20.0 Å². The van der Waals surface area contributed by atoms with E-state index in [1.165, 1.54) is 0 Å². The van der Waals surface area contributed by atoms with Gasteiger partial charge in [0.05, 0.1) is 11.4 Å². The van der Waals surface area contributed by atoms with Crippen LogP contribution in [-0.4, -0.2) is 26.5 Å². The van der Waals surface area contributed by atoms with Gasteiger partial charge in [-0.25, -0.2) is 0 Å². The minimum Gasteiger partial charge on any atom is -0.382 e. The zero-order chi connectivity index (χ0) is 12.3. The Morgan fingerprint density at radius 1 is 1.35 bits per heavy atom. The molecule has 2 aromatic heterocycles. The van der Waals surface area contributed by atoms with Gasteiger partial charge >= 0.3 is 0 Å². The molecule has 0 amide bonds. The Morgan fingerprint density at radius 2 is 2.18 bits per heavy atom. The van der Waals surface area contributed by atoms with Gasteiger partial charge in [-0.15, -0.1) is 10.2 Å². The molecule has 5 nitrogen and oxygen atoms in total. The summed E-state index contributed by atoms with van der Waals surface area (Å²) in [6.07, 6.45) is 2.71. The molecular weight excluding hydrogens is 261 g/mol. The fourth-order valence-corrected chi connectivity index (χ4v) is 1.70. The fourth-order valence-electron chi connectivity index (χ4n) is 1.40. The number of nitrogens with zero attached hydrogens (tertiary/aromatic N) is 4. The summed E-state index contributed by atoms with van der Waals surface area (Å²) < 4.78 is 1.77. The zero-order valence-corrected chi connectivity index (χ0v) is 10.7. The molecule has 17 heavy (non-hydrogen) atoms. The molecule has 0 radical (unpaired) electrons. The number of aryl methyl sites for hydroxylation is 1. The van der Waals surface area contributed by atoms with Crippen molar-refractivity contribution in [3.63, 3.8) is 0 Å². The van der Waals surface area contributed by atoms with Gasteiger partial charge in [0.1, 0.15) is 0 Å². The van der Waals surface area contributed by atoms with Crippen molar-refractivity contribution in [2.24, 2.45) is 7.05 Å². The molecule has 2 heterocycles. The molecule has 0 spiro atoms. The van der Waals surface area contributed by atoms with Gasteiger partial charge in [0.15, 0.2) is 10.3 Å². The molecule has 90 valence electrons. The van der Waals surface area contributed by atoms with E-state index in [0.717, 1.165) is 12.1 Å². The highest BCUT2D eigenvalue weighted by molar-refractivity contribution is 6.33. The first kappa shape index (κ1) is 12.1. The highest BCUT2D eigenvalue weighted by Gasteiger charge is 2.04. The Hall–Kier alpha value is -1.33. The van der Waals surface area contributed by atoms with Gasteiger partial charge in [0, 0.05) is 32.3 Å². The standard InChI is InChI=1S/C10H11Cl2N5/c1-17-5-3-7(16-17)2-4-13-8-6-9(11)14-15-10(8)12/h3,5-6H,2,4H2,1H3,(H,13,14). The SMILES string of the molecule is Cn1ccc(CCNc2cc(Cl)nnc2Cl)n1. The Balaban J connectivity index is 1.91. The monoisotopic (exact) mass is 271 g/mol. The quantitative estimate of drug-likeness (QED) is 0.926. The zero-order valence-electron chi connectivity index (χ0n) is 9.19. The summed E-state index contributed by atoms with van der Waals surface area (Å²) in [7, 11) is 1.89. The van der Waals surface area contributed by atoms with Gasteiger partial charge in [-0.05, 0) is 6.07 Å². The summed E-state index contributed by atoms with van der Waals surface area (Å²) in [6, 6.07) is 3.62. The molecular formula is C10H11Cl2N5. The Morgan fingerprint density at radius 3 is 2.88 bits per heavy atom. The van der Waals surface area contributed by atoms with E-state index >= 15 is 0 Å². The smallest absolute Gasteiger partial charge is 0.174 e. The van der Waals surface area contributed by atoms with E-state index in [4.69, 9.17) is 23.2 Å². The van der Waals surface area contributed by atoms with Crippen LogP contribution in [0.2, 0.25) is 10.3 Å².